The smallest absolute Gasteiger partial charge is 0.252 e. The minimum atomic E-state index is -0.669. The topological polar surface area (TPSA) is 17.1 Å². The molecule has 0 amide bonds. The van der Waals surface area contributed by atoms with Gasteiger partial charge in [-0.2, -0.15) is 0 Å². The van der Waals surface area contributed by atoms with Crippen LogP contribution in [0, 0.1) is 5.82 Å². The number of halogens is 4. The molecule has 1 aromatic carbocycles. The molecule has 0 N–H and O–H groups in total. The Morgan fingerprint density at radius 2 is 2.08 bits per heavy atom. The minimum absolute atomic E-state index is 0.124. The summed E-state index contributed by atoms with van der Waals surface area (Å²) in [7, 11) is 0. The molecule has 64 valence electrons. The van der Waals surface area contributed by atoms with Crippen LogP contribution in [0.2, 0.25) is 5.02 Å². The summed E-state index contributed by atoms with van der Waals surface area (Å²) in [6.45, 7) is 0. The van der Waals surface area contributed by atoms with E-state index in [0.717, 1.165) is 0 Å². The predicted octanol–water partition coefficient (Wildman–Crippen LogP) is 3.62. The molecule has 0 radical (unpaired) electrons. The number of rotatable bonds is 1. The largest absolute Gasteiger partial charge is 0.276 e. The molecule has 1 rings (SSSR count). The molecule has 12 heavy (non-hydrogen) atoms. The summed E-state index contributed by atoms with van der Waals surface area (Å²) >= 11 is 13.5. The summed E-state index contributed by atoms with van der Waals surface area (Å²) in [5.41, 5.74) is 0.162. The highest BCUT2D eigenvalue weighted by Gasteiger charge is 2.10. The third kappa shape index (κ3) is 1.97. The van der Waals surface area contributed by atoms with Crippen LogP contribution in [0.1, 0.15) is 10.4 Å². The maximum atomic E-state index is 12.8. The standard InChI is InChI=1S/C7H2BrCl2FO/c8-4-1-3(7(10)12)2-5(9)6(4)11/h1-2H. The third-order valence-corrected chi connectivity index (χ3v) is 2.28. The van der Waals surface area contributed by atoms with Gasteiger partial charge in [0.05, 0.1) is 9.50 Å². The Balaban J connectivity index is 3.31. The van der Waals surface area contributed by atoms with Gasteiger partial charge >= 0.3 is 0 Å². The van der Waals surface area contributed by atoms with Crippen LogP contribution >= 0.6 is 39.1 Å². The van der Waals surface area contributed by atoms with Gasteiger partial charge in [0, 0.05) is 5.56 Å². The Hall–Kier alpha value is -0.120. The van der Waals surface area contributed by atoms with Crippen LogP contribution in [0.4, 0.5) is 4.39 Å². The summed E-state index contributed by atoms with van der Waals surface area (Å²) in [6.07, 6.45) is 0. The second kappa shape index (κ2) is 3.73. The zero-order chi connectivity index (χ0) is 9.30. The molecule has 0 unspecified atom stereocenters. The number of hydrogen-bond acceptors (Lipinski definition) is 1. The van der Waals surface area contributed by atoms with Crippen LogP contribution in [0.5, 0.6) is 0 Å². The van der Waals surface area contributed by atoms with Crippen LogP contribution < -0.4 is 0 Å². The minimum Gasteiger partial charge on any atom is -0.276 e. The van der Waals surface area contributed by atoms with Crippen molar-refractivity contribution in [2.75, 3.05) is 0 Å². The molecule has 0 heterocycles. The fraction of sp³-hybridized carbons (Fsp3) is 0. The van der Waals surface area contributed by atoms with E-state index in [9.17, 15) is 9.18 Å². The van der Waals surface area contributed by atoms with Gasteiger partial charge in [0.1, 0.15) is 0 Å². The lowest BCUT2D eigenvalue weighted by Gasteiger charge is -1.99. The van der Waals surface area contributed by atoms with Gasteiger partial charge in [0.25, 0.3) is 5.24 Å². The van der Waals surface area contributed by atoms with Crippen molar-refractivity contribution in [2.24, 2.45) is 0 Å². The maximum Gasteiger partial charge on any atom is 0.252 e. The van der Waals surface area contributed by atoms with Crippen LogP contribution in [-0.2, 0) is 0 Å². The Labute approximate surface area is 86.6 Å². The quantitative estimate of drug-likeness (QED) is 0.563. The maximum absolute atomic E-state index is 12.8. The van der Waals surface area contributed by atoms with Crippen molar-refractivity contribution in [1.82, 2.24) is 0 Å². The van der Waals surface area contributed by atoms with Gasteiger partial charge in [-0.1, -0.05) is 11.6 Å². The van der Waals surface area contributed by atoms with Gasteiger partial charge in [-0.25, -0.2) is 4.39 Å². The van der Waals surface area contributed by atoms with E-state index in [0.29, 0.717) is 0 Å². The van der Waals surface area contributed by atoms with Crippen LogP contribution in [0.3, 0.4) is 0 Å². The molecule has 0 atom stereocenters. The first-order chi connectivity index (χ1) is 5.52. The highest BCUT2D eigenvalue weighted by Crippen LogP contribution is 2.25. The molecule has 1 aromatic rings. The van der Waals surface area contributed by atoms with E-state index in [1.54, 1.807) is 0 Å². The van der Waals surface area contributed by atoms with E-state index >= 15 is 0 Å². The molecular weight excluding hydrogens is 270 g/mol. The average molecular weight is 272 g/mol. The third-order valence-electron chi connectivity index (χ3n) is 1.21. The number of carbonyl (C=O) groups is 1. The zero-order valence-corrected chi connectivity index (χ0v) is 8.67. The molecule has 1 nitrogen and oxygen atoms in total. The number of carbonyl (C=O) groups excluding carboxylic acids is 1. The fourth-order valence-corrected chi connectivity index (χ4v) is 1.57. The molecule has 0 saturated heterocycles. The molecule has 0 aliphatic carbocycles. The van der Waals surface area contributed by atoms with Crippen molar-refractivity contribution in [3.63, 3.8) is 0 Å². The summed E-state index contributed by atoms with van der Waals surface area (Å²) in [5, 5.41) is -0.800. The number of hydrogen-bond donors (Lipinski definition) is 0. The highest BCUT2D eigenvalue weighted by molar-refractivity contribution is 9.10. The Kier molecular flexibility index (Phi) is 3.09. The molecule has 0 spiro atoms. The Morgan fingerprint density at radius 1 is 1.50 bits per heavy atom. The van der Waals surface area contributed by atoms with Gasteiger partial charge in [0.15, 0.2) is 5.82 Å². The Morgan fingerprint density at radius 3 is 2.50 bits per heavy atom. The van der Waals surface area contributed by atoms with Crippen LogP contribution in [0.25, 0.3) is 0 Å². The molecule has 0 aliphatic rings. The summed E-state index contributed by atoms with van der Waals surface area (Å²) in [4.78, 5) is 10.6. The average Bonchev–Trinajstić information content (AvgIpc) is 1.99. The van der Waals surface area contributed by atoms with Crippen molar-refractivity contribution in [3.8, 4) is 0 Å². The molecule has 5 heteroatoms. The van der Waals surface area contributed by atoms with Crippen molar-refractivity contribution >= 4 is 44.4 Å². The zero-order valence-electron chi connectivity index (χ0n) is 5.57. The van der Waals surface area contributed by atoms with Crippen molar-refractivity contribution in [3.05, 3.63) is 33.0 Å². The highest BCUT2D eigenvalue weighted by atomic mass is 79.9. The molecular formula is C7H2BrCl2FO. The molecule has 0 fully saturated rings. The first-order valence-corrected chi connectivity index (χ1v) is 4.41. The van der Waals surface area contributed by atoms with Gasteiger partial charge in [-0.3, -0.25) is 4.79 Å². The first-order valence-electron chi connectivity index (χ1n) is 2.86. The van der Waals surface area contributed by atoms with E-state index in [1.807, 2.05) is 0 Å². The summed E-state index contributed by atoms with van der Waals surface area (Å²) in [5.74, 6) is -0.599. The van der Waals surface area contributed by atoms with Gasteiger partial charge < -0.3 is 0 Å². The first kappa shape index (κ1) is 9.96. The van der Waals surface area contributed by atoms with Crippen molar-refractivity contribution < 1.29 is 9.18 Å². The molecule has 0 aromatic heterocycles. The fourth-order valence-electron chi connectivity index (χ4n) is 0.669. The van der Waals surface area contributed by atoms with Crippen LogP contribution in [0.15, 0.2) is 16.6 Å². The SMILES string of the molecule is O=C(Cl)c1cc(Cl)c(F)c(Br)c1. The summed E-state index contributed by atoms with van der Waals surface area (Å²) in [6, 6.07) is 2.45. The molecule has 0 aliphatic heterocycles. The van der Waals surface area contributed by atoms with E-state index < -0.39 is 11.1 Å². The van der Waals surface area contributed by atoms with Crippen molar-refractivity contribution in [1.29, 1.82) is 0 Å². The van der Waals surface area contributed by atoms with Crippen LogP contribution in [-0.4, -0.2) is 5.24 Å². The summed E-state index contributed by atoms with van der Waals surface area (Å²) < 4.78 is 13.0. The lowest BCUT2D eigenvalue weighted by atomic mass is 10.2. The van der Waals surface area contributed by atoms with Gasteiger partial charge in [-0.15, -0.1) is 0 Å². The monoisotopic (exact) mass is 270 g/mol. The van der Waals surface area contributed by atoms with Gasteiger partial charge in [0.2, 0.25) is 0 Å². The Bertz CT molecular complexity index is 317. The van der Waals surface area contributed by atoms with Crippen molar-refractivity contribution in [2.45, 2.75) is 0 Å². The molecule has 0 bridgehead atoms. The molecule has 0 saturated carbocycles. The van der Waals surface area contributed by atoms with E-state index in [-0.39, 0.29) is 15.1 Å². The normalized spacial score (nSPS) is 10.0. The lowest BCUT2D eigenvalue weighted by molar-refractivity contribution is 0.108. The lowest BCUT2D eigenvalue weighted by Crippen LogP contribution is -1.91. The van der Waals surface area contributed by atoms with Gasteiger partial charge in [-0.05, 0) is 39.7 Å². The second-order valence-corrected chi connectivity index (χ2v) is 3.63. The van der Waals surface area contributed by atoms with E-state index in [2.05, 4.69) is 15.9 Å². The number of benzene rings is 1. The predicted molar refractivity (Wildman–Crippen MR) is 49.3 cm³/mol. The van der Waals surface area contributed by atoms with E-state index in [4.69, 9.17) is 23.2 Å². The van der Waals surface area contributed by atoms with E-state index in [1.165, 1.54) is 12.1 Å². The second-order valence-electron chi connectivity index (χ2n) is 2.03.